The molecule has 144 valence electrons. The highest BCUT2D eigenvalue weighted by Gasteiger charge is 2.38. The molecule has 0 aliphatic carbocycles. The van der Waals surface area contributed by atoms with E-state index in [1.54, 1.807) is 16.8 Å². The molecular formula is C19H18ClN4O3S+. The number of ether oxygens (including phenoxy) is 1. The first-order valence-corrected chi connectivity index (χ1v) is 10.2. The van der Waals surface area contributed by atoms with Gasteiger partial charge in [0.15, 0.2) is 11.5 Å². The molecule has 0 unspecified atom stereocenters. The fraction of sp³-hybridized carbons (Fsp3) is 0.211. The maximum absolute atomic E-state index is 12.8. The second kappa shape index (κ2) is 7.37. The van der Waals surface area contributed by atoms with E-state index in [1.807, 2.05) is 37.4 Å². The van der Waals surface area contributed by atoms with E-state index in [1.165, 1.54) is 11.8 Å². The normalized spacial score (nSPS) is 14.8. The number of aromatic amines is 1. The quantitative estimate of drug-likeness (QED) is 0.446. The van der Waals surface area contributed by atoms with Gasteiger partial charge in [-0.3, -0.25) is 9.78 Å². The molecule has 0 fully saturated rings. The van der Waals surface area contributed by atoms with Crippen LogP contribution in [0.5, 0.6) is 11.5 Å². The van der Waals surface area contributed by atoms with Crippen LogP contribution in [0.3, 0.4) is 0 Å². The number of para-hydroxylation sites is 1. The number of aromatic nitrogens is 3. The number of anilines is 1. The van der Waals surface area contributed by atoms with Gasteiger partial charge in [0.1, 0.15) is 0 Å². The van der Waals surface area contributed by atoms with Crippen molar-refractivity contribution in [2.45, 2.75) is 18.2 Å². The van der Waals surface area contributed by atoms with Gasteiger partial charge in [-0.25, -0.2) is 0 Å². The van der Waals surface area contributed by atoms with E-state index >= 15 is 0 Å². The maximum atomic E-state index is 12.8. The van der Waals surface area contributed by atoms with Gasteiger partial charge in [-0.1, -0.05) is 35.5 Å². The first kappa shape index (κ1) is 18.6. The van der Waals surface area contributed by atoms with Gasteiger partial charge in [0.25, 0.3) is 6.17 Å². The van der Waals surface area contributed by atoms with Crippen LogP contribution in [0, 0.1) is 0 Å². The first-order chi connectivity index (χ1) is 13.5. The summed E-state index contributed by atoms with van der Waals surface area (Å²) in [6, 6.07) is 10.9. The number of phenolic OH excluding ortho intramolecular Hbond substituents is 1. The van der Waals surface area contributed by atoms with Gasteiger partial charge >= 0.3 is 11.3 Å². The summed E-state index contributed by atoms with van der Waals surface area (Å²) in [4.78, 5) is 15.6. The highest BCUT2D eigenvalue weighted by Crippen LogP contribution is 2.39. The van der Waals surface area contributed by atoms with Gasteiger partial charge in [-0.2, -0.15) is 0 Å². The van der Waals surface area contributed by atoms with Gasteiger partial charge < -0.3 is 15.2 Å². The van der Waals surface area contributed by atoms with Crippen LogP contribution in [0.1, 0.15) is 18.7 Å². The second-order valence-corrected chi connectivity index (χ2v) is 7.33. The fourth-order valence-electron chi connectivity index (χ4n) is 3.22. The molecule has 0 saturated heterocycles. The van der Waals surface area contributed by atoms with E-state index in [4.69, 9.17) is 16.3 Å². The molecule has 1 aliphatic rings. The molecule has 0 radical (unpaired) electrons. The number of thioether (sulfide) groups is 1. The maximum Gasteiger partial charge on any atom is 0.325 e. The first-order valence-electron chi connectivity index (χ1n) is 8.64. The number of fused-ring (bicyclic) bond motifs is 3. The van der Waals surface area contributed by atoms with Crippen molar-refractivity contribution in [1.29, 1.82) is 0 Å². The van der Waals surface area contributed by atoms with E-state index in [2.05, 4.69) is 15.4 Å². The Labute approximate surface area is 170 Å². The molecule has 1 aliphatic heterocycles. The number of hydrogen-bond donors (Lipinski definition) is 3. The molecule has 28 heavy (non-hydrogen) atoms. The third kappa shape index (κ3) is 3.08. The van der Waals surface area contributed by atoms with E-state index in [-0.39, 0.29) is 22.1 Å². The zero-order valence-corrected chi connectivity index (χ0v) is 16.8. The minimum Gasteiger partial charge on any atom is -0.503 e. The van der Waals surface area contributed by atoms with Crippen molar-refractivity contribution in [2.75, 3.05) is 18.2 Å². The number of halogens is 1. The molecule has 2 heterocycles. The number of hydrogen-bond acceptors (Lipinski definition) is 6. The molecule has 0 spiro atoms. The Morgan fingerprint density at radius 1 is 1.36 bits per heavy atom. The molecule has 1 aromatic heterocycles. The van der Waals surface area contributed by atoms with E-state index in [0.717, 1.165) is 11.3 Å². The van der Waals surface area contributed by atoms with Gasteiger partial charge in [-0.05, 0) is 42.1 Å². The summed E-state index contributed by atoms with van der Waals surface area (Å²) >= 11 is 7.58. The van der Waals surface area contributed by atoms with E-state index < -0.39 is 6.17 Å². The summed E-state index contributed by atoms with van der Waals surface area (Å²) in [5.74, 6) is 0.167. The number of rotatable bonds is 4. The van der Waals surface area contributed by atoms with Crippen molar-refractivity contribution in [3.8, 4) is 22.8 Å². The number of aromatic hydroxyl groups is 1. The smallest absolute Gasteiger partial charge is 0.325 e. The highest BCUT2D eigenvalue weighted by molar-refractivity contribution is 7.98. The molecule has 7 nitrogen and oxygen atoms in total. The Balaban J connectivity index is 1.96. The lowest BCUT2D eigenvalue weighted by Gasteiger charge is -2.23. The summed E-state index contributed by atoms with van der Waals surface area (Å²) in [6.45, 7) is 2.21. The van der Waals surface area contributed by atoms with Crippen LogP contribution in [0.15, 0.2) is 46.3 Å². The van der Waals surface area contributed by atoms with Crippen LogP contribution in [0.25, 0.3) is 11.3 Å². The predicted octanol–water partition coefficient (Wildman–Crippen LogP) is 3.18. The molecule has 9 heteroatoms. The topological polar surface area (TPSA) is 91.1 Å². The zero-order chi connectivity index (χ0) is 19.8. The van der Waals surface area contributed by atoms with Crippen molar-refractivity contribution in [2.24, 2.45) is 0 Å². The van der Waals surface area contributed by atoms with Crippen LogP contribution in [0.4, 0.5) is 5.69 Å². The van der Waals surface area contributed by atoms with E-state index in [0.29, 0.717) is 23.0 Å². The molecule has 0 saturated carbocycles. The van der Waals surface area contributed by atoms with Gasteiger partial charge in [0, 0.05) is 10.7 Å². The number of H-pyrrole nitrogens is 1. The summed E-state index contributed by atoms with van der Waals surface area (Å²) in [5.41, 5.74) is 2.48. The number of nitrogens with zero attached hydrogens (tertiary/aromatic N) is 2. The van der Waals surface area contributed by atoms with Crippen LogP contribution in [-0.2, 0) is 0 Å². The van der Waals surface area contributed by atoms with Gasteiger partial charge in [-0.15, -0.1) is 0 Å². The van der Waals surface area contributed by atoms with Crippen LogP contribution >= 0.6 is 23.4 Å². The Hall–Kier alpha value is -2.71. The minimum atomic E-state index is -0.504. The molecule has 3 aromatic rings. The Morgan fingerprint density at radius 3 is 2.89 bits per heavy atom. The molecule has 4 rings (SSSR count). The molecular weight excluding hydrogens is 400 g/mol. The number of benzene rings is 2. The van der Waals surface area contributed by atoms with Crippen molar-refractivity contribution in [1.82, 2.24) is 10.1 Å². The summed E-state index contributed by atoms with van der Waals surface area (Å²) in [6.07, 6.45) is 1.34. The molecule has 0 amide bonds. The standard InChI is InChI=1S/C19H17ClN4O3S/c1-3-27-14-9-10(8-12(20)16(14)25)17-21-13-7-5-4-6-11(13)15-18(26)22-19(28-2)23-24(15)17/h4-9,17H,3H2,1-2H3,(H2,22,23,25,26)/p+1/t17-/m0/s1. The summed E-state index contributed by atoms with van der Waals surface area (Å²) < 4.78 is 7.16. The lowest BCUT2D eigenvalue weighted by molar-refractivity contribution is -0.759. The molecule has 2 aromatic carbocycles. The largest absolute Gasteiger partial charge is 0.503 e. The van der Waals surface area contributed by atoms with Crippen molar-refractivity contribution < 1.29 is 14.5 Å². The van der Waals surface area contributed by atoms with Gasteiger partial charge in [0.05, 0.1) is 22.9 Å². The minimum absolute atomic E-state index is 0.114. The predicted molar refractivity (Wildman–Crippen MR) is 108 cm³/mol. The lowest BCUT2D eigenvalue weighted by Crippen LogP contribution is -2.55. The monoisotopic (exact) mass is 417 g/mol. The third-order valence-electron chi connectivity index (χ3n) is 4.44. The SMILES string of the molecule is CCOc1cc([C@H]2Nc3ccccc3-c3c(=O)[nH]c(SC)n[n+]32)cc(Cl)c1O. The summed E-state index contributed by atoms with van der Waals surface area (Å²) in [5, 5.41) is 18.8. The Morgan fingerprint density at radius 2 is 2.14 bits per heavy atom. The van der Waals surface area contributed by atoms with Crippen molar-refractivity contribution in [3.05, 3.63) is 57.3 Å². The zero-order valence-electron chi connectivity index (χ0n) is 15.2. The summed E-state index contributed by atoms with van der Waals surface area (Å²) in [7, 11) is 0. The Kier molecular flexibility index (Phi) is 4.91. The fourth-order valence-corrected chi connectivity index (χ4v) is 3.81. The average molecular weight is 418 g/mol. The van der Waals surface area contributed by atoms with Crippen LogP contribution < -0.4 is 20.3 Å². The number of phenols is 1. The molecule has 0 bridgehead atoms. The van der Waals surface area contributed by atoms with E-state index in [9.17, 15) is 9.90 Å². The van der Waals surface area contributed by atoms with Crippen molar-refractivity contribution >= 4 is 29.1 Å². The third-order valence-corrected chi connectivity index (χ3v) is 5.30. The van der Waals surface area contributed by atoms with Crippen LogP contribution in [0.2, 0.25) is 5.02 Å². The second-order valence-electron chi connectivity index (χ2n) is 6.13. The highest BCUT2D eigenvalue weighted by atomic mass is 35.5. The lowest BCUT2D eigenvalue weighted by atomic mass is 10.0. The van der Waals surface area contributed by atoms with Gasteiger partial charge in [0.2, 0.25) is 5.16 Å². The average Bonchev–Trinajstić information content (AvgIpc) is 2.70. The van der Waals surface area contributed by atoms with Crippen molar-refractivity contribution in [3.63, 3.8) is 0 Å². The molecule has 1 atom stereocenters. The number of nitrogens with one attached hydrogen (secondary N) is 2. The Bertz CT molecular complexity index is 1120. The van der Waals surface area contributed by atoms with Crippen LogP contribution in [-0.4, -0.2) is 28.1 Å². The molecule has 3 N–H and O–H groups in total.